The Morgan fingerprint density at radius 3 is 2.72 bits per heavy atom. The molecule has 2 N–H and O–H groups in total. The second-order valence-electron chi connectivity index (χ2n) is 4.05. The third-order valence-corrected chi connectivity index (χ3v) is 3.35. The monoisotopic (exact) mass is 308 g/mol. The van der Waals surface area contributed by atoms with Gasteiger partial charge in [0.15, 0.2) is 5.78 Å². The van der Waals surface area contributed by atoms with Crippen LogP contribution in [0.1, 0.15) is 29.6 Å². The van der Waals surface area contributed by atoms with Crippen LogP contribution in [0.3, 0.4) is 0 Å². The fourth-order valence-electron chi connectivity index (χ4n) is 1.74. The smallest absolute Gasteiger partial charge is 0.270 e. The summed E-state index contributed by atoms with van der Waals surface area (Å²) in [7, 11) is 0. The lowest BCUT2D eigenvalue weighted by atomic mass is 10.0. The highest BCUT2D eigenvalue weighted by Gasteiger charge is 2.12. The first-order valence-corrected chi connectivity index (χ1v) is 6.50. The van der Waals surface area contributed by atoms with Gasteiger partial charge in [0.25, 0.3) is 5.91 Å². The van der Waals surface area contributed by atoms with E-state index in [0.717, 1.165) is 23.0 Å². The SMILES string of the molecule is O=C1C=C(NNC(=O)c2ccccc2Br)CCC1. The van der Waals surface area contributed by atoms with Gasteiger partial charge in [0.2, 0.25) is 0 Å². The van der Waals surface area contributed by atoms with E-state index < -0.39 is 0 Å². The van der Waals surface area contributed by atoms with Crippen molar-refractivity contribution in [1.29, 1.82) is 0 Å². The molecule has 1 amide bonds. The van der Waals surface area contributed by atoms with Crippen molar-refractivity contribution in [3.63, 3.8) is 0 Å². The van der Waals surface area contributed by atoms with Crippen molar-refractivity contribution in [1.82, 2.24) is 10.9 Å². The number of halogens is 1. The number of hydrazine groups is 1. The molecule has 0 aromatic heterocycles. The summed E-state index contributed by atoms with van der Waals surface area (Å²) in [4.78, 5) is 23.1. The van der Waals surface area contributed by atoms with Crippen molar-refractivity contribution in [3.05, 3.63) is 46.1 Å². The summed E-state index contributed by atoms with van der Waals surface area (Å²) in [6.07, 6.45) is 3.73. The van der Waals surface area contributed by atoms with Crippen LogP contribution in [-0.4, -0.2) is 11.7 Å². The van der Waals surface area contributed by atoms with Gasteiger partial charge < -0.3 is 5.43 Å². The Bertz CT molecular complexity index is 511. The molecule has 0 heterocycles. The summed E-state index contributed by atoms with van der Waals surface area (Å²) in [6, 6.07) is 7.17. The zero-order valence-electron chi connectivity index (χ0n) is 9.70. The summed E-state index contributed by atoms with van der Waals surface area (Å²) in [5.74, 6) is -0.139. The summed E-state index contributed by atoms with van der Waals surface area (Å²) in [5, 5.41) is 0. The number of carbonyl (C=O) groups excluding carboxylic acids is 2. The van der Waals surface area contributed by atoms with Gasteiger partial charge in [0, 0.05) is 22.7 Å². The Kier molecular flexibility index (Phi) is 4.15. The Labute approximate surface area is 114 Å². The molecule has 0 fully saturated rings. The van der Waals surface area contributed by atoms with Crippen molar-refractivity contribution in [3.8, 4) is 0 Å². The molecule has 5 heteroatoms. The molecule has 94 valence electrons. The summed E-state index contributed by atoms with van der Waals surface area (Å²) in [5.41, 5.74) is 6.69. The fourth-order valence-corrected chi connectivity index (χ4v) is 2.20. The molecule has 0 spiro atoms. The Morgan fingerprint density at radius 2 is 2.00 bits per heavy atom. The first kappa shape index (κ1) is 12.8. The molecule has 0 aliphatic heterocycles. The molecule has 1 aliphatic carbocycles. The molecule has 0 saturated carbocycles. The topological polar surface area (TPSA) is 58.2 Å². The average Bonchev–Trinajstić information content (AvgIpc) is 2.37. The Balaban J connectivity index is 1.97. The van der Waals surface area contributed by atoms with Crippen LogP contribution in [0.4, 0.5) is 0 Å². The van der Waals surface area contributed by atoms with E-state index in [1.165, 1.54) is 0 Å². The second kappa shape index (κ2) is 5.82. The van der Waals surface area contributed by atoms with E-state index in [9.17, 15) is 9.59 Å². The highest BCUT2D eigenvalue weighted by Crippen LogP contribution is 2.16. The molecular formula is C13H13BrN2O2. The Morgan fingerprint density at radius 1 is 1.22 bits per heavy atom. The molecule has 0 atom stereocenters. The third-order valence-electron chi connectivity index (χ3n) is 2.66. The highest BCUT2D eigenvalue weighted by molar-refractivity contribution is 9.10. The number of hydrogen-bond acceptors (Lipinski definition) is 3. The standard InChI is InChI=1S/C13H13BrN2O2/c14-12-7-2-1-6-11(12)13(18)16-15-9-4-3-5-10(17)8-9/h1-2,6-8,15H,3-5H2,(H,16,18). The van der Waals surface area contributed by atoms with E-state index in [-0.39, 0.29) is 11.7 Å². The Hall–Kier alpha value is -1.62. The van der Waals surface area contributed by atoms with E-state index in [4.69, 9.17) is 0 Å². The first-order valence-electron chi connectivity index (χ1n) is 5.71. The van der Waals surface area contributed by atoms with Crippen molar-refractivity contribution < 1.29 is 9.59 Å². The minimum atomic E-state index is -0.235. The van der Waals surface area contributed by atoms with E-state index in [1.54, 1.807) is 24.3 Å². The number of carbonyl (C=O) groups is 2. The molecule has 2 rings (SSSR count). The van der Waals surface area contributed by atoms with E-state index in [1.807, 2.05) is 6.07 Å². The van der Waals surface area contributed by atoms with Gasteiger partial charge in [-0.15, -0.1) is 0 Å². The number of ketones is 1. The summed E-state index contributed by atoms with van der Waals surface area (Å²) >= 11 is 3.32. The van der Waals surface area contributed by atoms with Gasteiger partial charge in [-0.25, -0.2) is 0 Å². The van der Waals surface area contributed by atoms with Gasteiger partial charge >= 0.3 is 0 Å². The van der Waals surface area contributed by atoms with Crippen LogP contribution in [0.2, 0.25) is 0 Å². The predicted molar refractivity (Wildman–Crippen MR) is 71.7 cm³/mol. The number of allylic oxidation sites excluding steroid dienone is 2. The van der Waals surface area contributed by atoms with E-state index in [0.29, 0.717) is 12.0 Å². The normalized spacial score (nSPS) is 14.9. The number of hydrogen-bond donors (Lipinski definition) is 2. The number of benzene rings is 1. The quantitative estimate of drug-likeness (QED) is 0.843. The lowest BCUT2D eigenvalue weighted by Crippen LogP contribution is -2.37. The maximum absolute atomic E-state index is 11.9. The number of amides is 1. The summed E-state index contributed by atoms with van der Waals surface area (Å²) in [6.45, 7) is 0. The molecule has 0 radical (unpaired) electrons. The number of nitrogens with one attached hydrogen (secondary N) is 2. The number of rotatable bonds is 3. The largest absolute Gasteiger partial charge is 0.302 e. The van der Waals surface area contributed by atoms with Crippen molar-refractivity contribution in [2.75, 3.05) is 0 Å². The van der Waals surface area contributed by atoms with Crippen LogP contribution in [0, 0.1) is 0 Å². The van der Waals surface area contributed by atoms with Gasteiger partial charge in [0.1, 0.15) is 0 Å². The van der Waals surface area contributed by atoms with E-state index in [2.05, 4.69) is 26.8 Å². The first-order chi connectivity index (χ1) is 8.66. The maximum atomic E-state index is 11.9. The molecule has 1 aromatic carbocycles. The van der Waals surface area contributed by atoms with Gasteiger partial charge in [-0.3, -0.25) is 15.0 Å². The van der Waals surface area contributed by atoms with Crippen LogP contribution in [0.25, 0.3) is 0 Å². The highest BCUT2D eigenvalue weighted by atomic mass is 79.9. The van der Waals surface area contributed by atoms with Crippen molar-refractivity contribution in [2.45, 2.75) is 19.3 Å². The minimum absolute atomic E-state index is 0.0962. The summed E-state index contributed by atoms with van der Waals surface area (Å²) < 4.78 is 0.734. The van der Waals surface area contributed by atoms with Gasteiger partial charge in [-0.05, 0) is 40.9 Å². The maximum Gasteiger partial charge on any atom is 0.270 e. The zero-order chi connectivity index (χ0) is 13.0. The lowest BCUT2D eigenvalue weighted by Gasteiger charge is -2.15. The van der Waals surface area contributed by atoms with Gasteiger partial charge in [-0.2, -0.15) is 0 Å². The lowest BCUT2D eigenvalue weighted by molar-refractivity contribution is -0.115. The molecule has 1 aliphatic rings. The van der Waals surface area contributed by atoms with Crippen molar-refractivity contribution >= 4 is 27.6 Å². The third kappa shape index (κ3) is 3.20. The second-order valence-corrected chi connectivity index (χ2v) is 4.90. The molecule has 0 unspecified atom stereocenters. The fraction of sp³-hybridized carbons (Fsp3) is 0.231. The molecule has 18 heavy (non-hydrogen) atoms. The molecular weight excluding hydrogens is 296 g/mol. The molecule has 0 bridgehead atoms. The van der Waals surface area contributed by atoms with E-state index >= 15 is 0 Å². The van der Waals surface area contributed by atoms with Gasteiger partial charge in [0.05, 0.1) is 5.56 Å². The van der Waals surface area contributed by atoms with Crippen LogP contribution >= 0.6 is 15.9 Å². The van der Waals surface area contributed by atoms with Crippen molar-refractivity contribution in [2.24, 2.45) is 0 Å². The zero-order valence-corrected chi connectivity index (χ0v) is 11.3. The molecule has 1 aromatic rings. The minimum Gasteiger partial charge on any atom is -0.302 e. The molecule has 0 saturated heterocycles. The van der Waals surface area contributed by atoms with Gasteiger partial charge in [-0.1, -0.05) is 12.1 Å². The van der Waals surface area contributed by atoms with Crippen LogP contribution < -0.4 is 10.9 Å². The van der Waals surface area contributed by atoms with Crippen LogP contribution in [-0.2, 0) is 4.79 Å². The average molecular weight is 309 g/mol. The van der Waals surface area contributed by atoms with Crippen LogP contribution in [0.5, 0.6) is 0 Å². The predicted octanol–water partition coefficient (Wildman–Crippen LogP) is 2.32. The molecule has 4 nitrogen and oxygen atoms in total. The van der Waals surface area contributed by atoms with Crippen LogP contribution in [0.15, 0.2) is 40.5 Å².